The number of carbonyl (C=O) groups is 1. The second-order valence-electron chi connectivity index (χ2n) is 7.11. The van der Waals surface area contributed by atoms with Crippen LogP contribution in [0.15, 0.2) is 35.5 Å². The average Bonchev–Trinajstić information content (AvgIpc) is 3.34. The number of aliphatic imine (C=N–C) groups is 1. The monoisotopic (exact) mass is 440 g/mol. The summed E-state index contributed by atoms with van der Waals surface area (Å²) in [6, 6.07) is 4.91. The number of nitrogens with two attached hydrogens (primary N) is 1. The van der Waals surface area contributed by atoms with Crippen LogP contribution >= 0.6 is 23.4 Å². The van der Waals surface area contributed by atoms with E-state index in [2.05, 4.69) is 15.3 Å². The lowest BCUT2D eigenvalue weighted by Gasteiger charge is -2.32. The summed E-state index contributed by atoms with van der Waals surface area (Å²) >= 11 is 7.06. The fourth-order valence-electron chi connectivity index (χ4n) is 3.86. The van der Waals surface area contributed by atoms with Crippen molar-refractivity contribution < 1.29 is 18.0 Å². The minimum atomic E-state index is -1.62. The zero-order chi connectivity index (χ0) is 20.9. The minimum absolute atomic E-state index is 0.0118. The Hall–Kier alpha value is -2.26. The molecular formula is C19H16ClF3N4OS. The molecule has 5 nitrogen and oxygen atoms in total. The van der Waals surface area contributed by atoms with E-state index in [9.17, 15) is 18.0 Å². The van der Waals surface area contributed by atoms with Gasteiger partial charge in [0.2, 0.25) is 0 Å². The van der Waals surface area contributed by atoms with Gasteiger partial charge >= 0.3 is 0 Å². The molecule has 1 aliphatic carbocycles. The summed E-state index contributed by atoms with van der Waals surface area (Å²) in [5.41, 5.74) is 3.95. The van der Waals surface area contributed by atoms with Gasteiger partial charge in [0, 0.05) is 34.7 Å². The molecule has 2 aromatic rings. The lowest BCUT2D eigenvalue weighted by atomic mass is 9.84. The molecule has 4 rings (SSSR count). The molecule has 2 heterocycles. The van der Waals surface area contributed by atoms with E-state index in [4.69, 9.17) is 17.3 Å². The Kier molecular flexibility index (Phi) is 4.98. The number of nitrogens with one attached hydrogen (secondary N) is 1. The van der Waals surface area contributed by atoms with E-state index >= 15 is 0 Å². The maximum atomic E-state index is 14.8. The first-order chi connectivity index (χ1) is 13.8. The molecule has 29 heavy (non-hydrogen) atoms. The van der Waals surface area contributed by atoms with Crippen molar-refractivity contribution in [1.29, 1.82) is 0 Å². The van der Waals surface area contributed by atoms with Crippen LogP contribution in [-0.4, -0.2) is 28.0 Å². The highest BCUT2D eigenvalue weighted by molar-refractivity contribution is 8.14. The summed E-state index contributed by atoms with van der Waals surface area (Å²) in [6.45, 7) is 0.860. The third-order valence-electron chi connectivity index (χ3n) is 5.33. The first-order valence-electron chi connectivity index (χ1n) is 8.77. The van der Waals surface area contributed by atoms with Crippen molar-refractivity contribution >= 4 is 40.1 Å². The van der Waals surface area contributed by atoms with Gasteiger partial charge in [-0.05, 0) is 24.1 Å². The molecule has 3 N–H and O–H groups in total. The van der Waals surface area contributed by atoms with Crippen LogP contribution in [0.4, 0.5) is 18.9 Å². The number of amides is 1. The fourth-order valence-corrected chi connectivity index (χ4v) is 5.38. The Morgan fingerprint density at radius 2 is 2.14 bits per heavy atom. The van der Waals surface area contributed by atoms with E-state index in [1.54, 1.807) is 0 Å². The van der Waals surface area contributed by atoms with Crippen LogP contribution in [0.1, 0.15) is 23.0 Å². The number of hydrogen-bond acceptors (Lipinski definition) is 5. The zero-order valence-corrected chi connectivity index (χ0v) is 16.7. The van der Waals surface area contributed by atoms with Crippen molar-refractivity contribution in [3.05, 3.63) is 58.4 Å². The Labute approximate surface area is 173 Å². The van der Waals surface area contributed by atoms with Crippen LogP contribution < -0.4 is 11.1 Å². The minimum Gasteiger partial charge on any atom is -0.379 e. The second-order valence-corrected chi connectivity index (χ2v) is 8.75. The Morgan fingerprint density at radius 1 is 1.38 bits per heavy atom. The smallest absolute Gasteiger partial charge is 0.274 e. The Balaban J connectivity index is 1.73. The molecule has 0 spiro atoms. The number of carbonyl (C=O) groups excluding carboxylic acids is 1. The van der Waals surface area contributed by atoms with E-state index in [0.717, 1.165) is 6.07 Å². The lowest BCUT2D eigenvalue weighted by Crippen LogP contribution is -2.37. The third kappa shape index (κ3) is 3.36. The van der Waals surface area contributed by atoms with Crippen LogP contribution in [0.2, 0.25) is 5.02 Å². The first kappa shape index (κ1) is 20.0. The molecule has 1 aliphatic heterocycles. The molecule has 1 aromatic heterocycles. The van der Waals surface area contributed by atoms with Gasteiger partial charge in [-0.2, -0.15) is 0 Å². The number of thioether (sulfide) groups is 1. The Bertz CT molecular complexity index is 1020. The average molecular weight is 441 g/mol. The summed E-state index contributed by atoms with van der Waals surface area (Å²) in [7, 11) is 0. The van der Waals surface area contributed by atoms with Gasteiger partial charge in [-0.25, -0.2) is 23.1 Å². The van der Waals surface area contributed by atoms with Crippen LogP contribution in [0.25, 0.3) is 0 Å². The maximum Gasteiger partial charge on any atom is 0.274 e. The number of hydrogen-bond donors (Lipinski definition) is 2. The van der Waals surface area contributed by atoms with Gasteiger partial charge in [0.15, 0.2) is 16.8 Å². The van der Waals surface area contributed by atoms with Gasteiger partial charge in [-0.15, -0.1) is 0 Å². The summed E-state index contributed by atoms with van der Waals surface area (Å²) in [5.74, 6) is -3.34. The van der Waals surface area contributed by atoms with E-state index < -0.39 is 29.8 Å². The molecule has 0 saturated heterocycles. The standard InChI is InChI=1S/C19H16ClF3N4OS/c1-8-14-16(8)29-18(24)27-19(14,7-21)11-4-10(5-12(22)15(11)23)26-17(28)13-3-2-9(20)6-25-13/h2-6,8,14,16H,7H2,1H3,(H2,24,27)(H,26,28)/t8-,14?,16-,19+/m0/s1. The number of aromatic nitrogens is 1. The van der Waals surface area contributed by atoms with Crippen LogP contribution in [-0.2, 0) is 5.54 Å². The number of nitrogens with zero attached hydrogens (tertiary/aromatic N) is 2. The second kappa shape index (κ2) is 7.21. The number of fused-ring (bicyclic) bond motifs is 1. The van der Waals surface area contributed by atoms with Crippen LogP contribution in [0.3, 0.4) is 0 Å². The van der Waals surface area contributed by atoms with Crippen molar-refractivity contribution in [2.75, 3.05) is 12.0 Å². The quantitative estimate of drug-likeness (QED) is 0.749. The molecule has 1 unspecified atom stereocenters. The van der Waals surface area contributed by atoms with Crippen LogP contribution in [0.5, 0.6) is 0 Å². The van der Waals surface area contributed by atoms with Gasteiger partial charge in [0.1, 0.15) is 17.9 Å². The first-order valence-corrected chi connectivity index (χ1v) is 10.0. The number of benzene rings is 1. The molecular weight excluding hydrogens is 425 g/mol. The molecule has 2 aliphatic rings. The normalized spacial score (nSPS) is 27.8. The van der Waals surface area contributed by atoms with E-state index in [-0.39, 0.29) is 39.2 Å². The fraction of sp³-hybridized carbons (Fsp3) is 0.316. The molecule has 0 bridgehead atoms. The number of anilines is 1. The van der Waals surface area contributed by atoms with E-state index in [0.29, 0.717) is 5.02 Å². The molecule has 152 valence electrons. The van der Waals surface area contributed by atoms with Gasteiger partial charge in [-0.3, -0.25) is 4.79 Å². The molecule has 1 amide bonds. The third-order valence-corrected chi connectivity index (χ3v) is 6.88. The van der Waals surface area contributed by atoms with Crippen molar-refractivity contribution in [2.24, 2.45) is 22.6 Å². The summed E-state index contributed by atoms with van der Waals surface area (Å²) < 4.78 is 43.4. The summed E-state index contributed by atoms with van der Waals surface area (Å²) in [4.78, 5) is 20.5. The molecule has 0 radical (unpaired) electrons. The SMILES string of the molecule is C[C@H]1C2[C@H]1SC(N)=N[C@]2(CF)c1cc(NC(=O)c2ccc(Cl)cn2)cc(F)c1F. The summed E-state index contributed by atoms with van der Waals surface area (Å²) in [5, 5.41) is 2.93. The summed E-state index contributed by atoms with van der Waals surface area (Å²) in [6.07, 6.45) is 1.29. The predicted molar refractivity (Wildman–Crippen MR) is 107 cm³/mol. The number of halogens is 4. The Morgan fingerprint density at radius 3 is 2.79 bits per heavy atom. The largest absolute Gasteiger partial charge is 0.379 e. The van der Waals surface area contributed by atoms with Gasteiger partial charge < -0.3 is 11.1 Å². The molecule has 1 fully saturated rings. The highest BCUT2D eigenvalue weighted by Crippen LogP contribution is 2.62. The van der Waals surface area contributed by atoms with Gasteiger partial charge in [0.05, 0.1) is 5.02 Å². The van der Waals surface area contributed by atoms with Gasteiger partial charge in [0.25, 0.3) is 5.91 Å². The van der Waals surface area contributed by atoms with E-state index in [1.807, 2.05) is 6.92 Å². The maximum absolute atomic E-state index is 14.8. The highest BCUT2D eigenvalue weighted by atomic mass is 35.5. The van der Waals surface area contributed by atoms with Crippen molar-refractivity contribution in [3.8, 4) is 0 Å². The number of alkyl halides is 1. The zero-order valence-electron chi connectivity index (χ0n) is 15.1. The number of rotatable bonds is 4. The number of pyridine rings is 1. The van der Waals surface area contributed by atoms with Gasteiger partial charge in [-0.1, -0.05) is 30.3 Å². The predicted octanol–water partition coefficient (Wildman–Crippen LogP) is 4.13. The van der Waals surface area contributed by atoms with Crippen molar-refractivity contribution in [2.45, 2.75) is 17.7 Å². The van der Waals surface area contributed by atoms with Crippen molar-refractivity contribution in [3.63, 3.8) is 0 Å². The van der Waals surface area contributed by atoms with E-state index in [1.165, 1.54) is 36.2 Å². The number of amidine groups is 1. The molecule has 10 heteroatoms. The topological polar surface area (TPSA) is 80.4 Å². The van der Waals surface area contributed by atoms with Crippen LogP contribution in [0, 0.1) is 23.5 Å². The van der Waals surface area contributed by atoms with Crippen molar-refractivity contribution in [1.82, 2.24) is 4.98 Å². The molecule has 1 aromatic carbocycles. The highest BCUT2D eigenvalue weighted by Gasteiger charge is 2.63. The lowest BCUT2D eigenvalue weighted by molar-refractivity contribution is 0.102. The molecule has 4 atom stereocenters. The molecule has 1 saturated carbocycles.